The van der Waals surface area contributed by atoms with Gasteiger partial charge < -0.3 is 14.6 Å². The molecule has 7 unspecified atom stereocenters. The molecule has 0 aliphatic heterocycles. The predicted octanol–water partition coefficient (Wildman–Crippen LogP) is 4.96. The van der Waals surface area contributed by atoms with Crippen LogP contribution in [0.5, 0.6) is 0 Å². The van der Waals surface area contributed by atoms with Gasteiger partial charge in [-0.05, 0) is 42.9 Å². The van der Waals surface area contributed by atoms with Crippen molar-refractivity contribution in [3.8, 4) is 0 Å². The number of hydrogen-bond acceptors (Lipinski definition) is 5. The zero-order chi connectivity index (χ0) is 23.1. The maximum absolute atomic E-state index is 11.9. The average molecular weight is 485 g/mol. The molecule has 0 spiro atoms. The van der Waals surface area contributed by atoms with Gasteiger partial charge in [-0.3, -0.25) is 9.59 Å². The molecular formula is C24H37BrO5. The molecule has 7 atom stereocenters. The molecule has 2 fully saturated rings. The van der Waals surface area contributed by atoms with Crippen LogP contribution >= 0.6 is 15.9 Å². The average Bonchev–Trinajstić information content (AvgIpc) is 2.59. The van der Waals surface area contributed by atoms with Crippen molar-refractivity contribution in [3.63, 3.8) is 0 Å². The van der Waals surface area contributed by atoms with Crippen LogP contribution in [0.4, 0.5) is 0 Å². The second-order valence-electron chi connectivity index (χ2n) is 10.1. The van der Waals surface area contributed by atoms with E-state index in [1.165, 1.54) is 19.9 Å². The lowest BCUT2D eigenvalue weighted by molar-refractivity contribution is -0.177. The van der Waals surface area contributed by atoms with E-state index in [4.69, 9.17) is 9.47 Å². The summed E-state index contributed by atoms with van der Waals surface area (Å²) in [4.78, 5) is 23.9. The number of rotatable bonds is 6. The van der Waals surface area contributed by atoms with Gasteiger partial charge in [0.25, 0.3) is 0 Å². The Bertz CT molecular complexity index is 712. The lowest BCUT2D eigenvalue weighted by Crippen LogP contribution is -2.60. The highest BCUT2D eigenvalue weighted by Crippen LogP contribution is 2.63. The molecular weight excluding hydrogens is 448 g/mol. The third kappa shape index (κ3) is 4.69. The molecule has 0 aromatic heterocycles. The molecule has 2 saturated carbocycles. The minimum absolute atomic E-state index is 0.00404. The topological polar surface area (TPSA) is 72.8 Å². The van der Waals surface area contributed by atoms with Gasteiger partial charge in [0.05, 0.1) is 0 Å². The van der Waals surface area contributed by atoms with E-state index in [2.05, 4.69) is 49.9 Å². The number of aliphatic hydroxyl groups is 1. The second kappa shape index (κ2) is 8.78. The molecule has 0 bridgehead atoms. The van der Waals surface area contributed by atoms with E-state index >= 15 is 0 Å². The number of carbonyl (C=O) groups is 2. The summed E-state index contributed by atoms with van der Waals surface area (Å²) in [5.74, 6) is -0.625. The Hall–Kier alpha value is -1.14. The first kappa shape index (κ1) is 25.1. The third-order valence-corrected chi connectivity index (χ3v) is 9.16. The zero-order valence-corrected chi connectivity index (χ0v) is 20.8. The molecule has 2 aliphatic rings. The van der Waals surface area contributed by atoms with E-state index in [1.807, 2.05) is 0 Å². The van der Waals surface area contributed by atoms with E-state index in [1.54, 1.807) is 6.92 Å². The molecule has 0 saturated heterocycles. The van der Waals surface area contributed by atoms with Crippen molar-refractivity contribution in [1.29, 1.82) is 0 Å². The lowest BCUT2D eigenvalue weighted by Gasteiger charge is -2.61. The van der Waals surface area contributed by atoms with Crippen LogP contribution < -0.4 is 0 Å². The van der Waals surface area contributed by atoms with Crippen LogP contribution in [0.1, 0.15) is 67.2 Å². The molecule has 0 aromatic carbocycles. The van der Waals surface area contributed by atoms with Crippen molar-refractivity contribution in [2.75, 3.05) is 0 Å². The summed E-state index contributed by atoms with van der Waals surface area (Å²) in [7, 11) is 0. The van der Waals surface area contributed by atoms with E-state index in [0.29, 0.717) is 17.7 Å². The summed E-state index contributed by atoms with van der Waals surface area (Å²) < 4.78 is 11.4. The van der Waals surface area contributed by atoms with Crippen LogP contribution in [0.25, 0.3) is 0 Å². The van der Waals surface area contributed by atoms with Gasteiger partial charge >= 0.3 is 11.9 Å². The predicted molar refractivity (Wildman–Crippen MR) is 121 cm³/mol. The van der Waals surface area contributed by atoms with Gasteiger partial charge in [-0.15, -0.1) is 6.58 Å². The molecule has 5 nitrogen and oxygen atoms in total. The van der Waals surface area contributed by atoms with Crippen LogP contribution in [0.15, 0.2) is 24.8 Å². The van der Waals surface area contributed by atoms with Crippen LogP contribution in [0, 0.1) is 22.7 Å². The van der Waals surface area contributed by atoms with Gasteiger partial charge in [0, 0.05) is 31.0 Å². The Morgan fingerprint density at radius 3 is 2.43 bits per heavy atom. The summed E-state index contributed by atoms with van der Waals surface area (Å²) in [6.45, 7) is 19.2. The van der Waals surface area contributed by atoms with Crippen LogP contribution in [-0.2, 0) is 19.1 Å². The fourth-order valence-corrected chi connectivity index (χ4v) is 6.51. The number of carbonyl (C=O) groups excluding carboxylic acids is 2. The van der Waals surface area contributed by atoms with E-state index in [0.717, 1.165) is 18.4 Å². The standard InChI is InChI=1S/C24H37BrO5/c1-9-24(8,28)20(30-16(4)27)13-17-14(2)12-18(29-15(3)26)21-22(5,6)19(25)10-11-23(17,21)7/h9,17-21,28H,1-2,10-13H2,3-8H3. The minimum Gasteiger partial charge on any atom is -0.462 e. The van der Waals surface area contributed by atoms with Gasteiger partial charge in [-0.2, -0.15) is 0 Å². The second-order valence-corrected chi connectivity index (χ2v) is 11.2. The molecule has 0 amide bonds. The fraction of sp³-hybridized carbons (Fsp3) is 0.750. The van der Waals surface area contributed by atoms with Crippen molar-refractivity contribution in [2.45, 2.75) is 89.9 Å². The summed E-state index contributed by atoms with van der Waals surface area (Å²) in [6, 6.07) is 0. The first-order valence-corrected chi connectivity index (χ1v) is 11.6. The molecule has 30 heavy (non-hydrogen) atoms. The maximum atomic E-state index is 11.9. The van der Waals surface area contributed by atoms with Gasteiger partial charge in [0.15, 0.2) is 0 Å². The maximum Gasteiger partial charge on any atom is 0.303 e. The summed E-state index contributed by atoms with van der Waals surface area (Å²) in [5.41, 5.74) is -0.726. The van der Waals surface area contributed by atoms with E-state index < -0.39 is 17.7 Å². The Balaban J connectivity index is 2.50. The molecule has 0 radical (unpaired) electrons. The molecule has 0 heterocycles. The third-order valence-electron chi connectivity index (χ3n) is 7.52. The van der Waals surface area contributed by atoms with Crippen LogP contribution in [-0.4, -0.2) is 39.7 Å². The molecule has 2 rings (SSSR count). The number of hydrogen-bond donors (Lipinski definition) is 1. The quantitative estimate of drug-likeness (QED) is 0.327. The van der Waals surface area contributed by atoms with Crippen LogP contribution in [0.3, 0.4) is 0 Å². The van der Waals surface area contributed by atoms with Crippen molar-refractivity contribution in [2.24, 2.45) is 22.7 Å². The van der Waals surface area contributed by atoms with Gasteiger partial charge in [-0.1, -0.05) is 54.9 Å². The number of fused-ring (bicyclic) bond motifs is 1. The Kier molecular flexibility index (Phi) is 7.35. The summed E-state index contributed by atoms with van der Waals surface area (Å²) >= 11 is 3.87. The summed E-state index contributed by atoms with van der Waals surface area (Å²) in [6.07, 6.45) is 3.35. The number of esters is 2. The fourth-order valence-electron chi connectivity index (χ4n) is 6.00. The van der Waals surface area contributed by atoms with E-state index in [9.17, 15) is 14.7 Å². The molecule has 1 N–H and O–H groups in total. The Morgan fingerprint density at radius 1 is 1.33 bits per heavy atom. The van der Waals surface area contributed by atoms with Crippen molar-refractivity contribution >= 4 is 27.9 Å². The van der Waals surface area contributed by atoms with Crippen molar-refractivity contribution in [3.05, 3.63) is 24.8 Å². The smallest absolute Gasteiger partial charge is 0.303 e. The first-order valence-electron chi connectivity index (χ1n) is 10.7. The number of halogens is 1. The van der Waals surface area contributed by atoms with Gasteiger partial charge in [-0.25, -0.2) is 0 Å². The zero-order valence-electron chi connectivity index (χ0n) is 19.2. The number of alkyl halides is 1. The van der Waals surface area contributed by atoms with Crippen molar-refractivity contribution in [1.82, 2.24) is 0 Å². The Labute approximate surface area is 189 Å². The number of ether oxygens (including phenoxy) is 2. The summed E-state index contributed by atoms with van der Waals surface area (Å²) in [5, 5.41) is 10.8. The molecule has 0 aromatic rings. The molecule has 170 valence electrons. The van der Waals surface area contributed by atoms with Gasteiger partial charge in [0.1, 0.15) is 17.8 Å². The lowest BCUT2D eigenvalue weighted by atomic mass is 9.46. The monoisotopic (exact) mass is 484 g/mol. The highest BCUT2D eigenvalue weighted by Gasteiger charge is 2.60. The van der Waals surface area contributed by atoms with Crippen molar-refractivity contribution < 1.29 is 24.2 Å². The Morgan fingerprint density at radius 2 is 1.93 bits per heavy atom. The highest BCUT2D eigenvalue weighted by molar-refractivity contribution is 9.09. The SMILES string of the molecule is C=CC(C)(O)C(CC1C(=C)CC(OC(C)=O)C2C(C)(C)C(Br)CCC12C)OC(C)=O. The first-order chi connectivity index (χ1) is 13.7. The highest BCUT2D eigenvalue weighted by atomic mass is 79.9. The van der Waals surface area contributed by atoms with E-state index in [-0.39, 0.29) is 34.7 Å². The minimum atomic E-state index is -1.35. The largest absolute Gasteiger partial charge is 0.462 e. The molecule has 6 heteroatoms. The van der Waals surface area contributed by atoms with Crippen LogP contribution in [0.2, 0.25) is 0 Å². The van der Waals surface area contributed by atoms with Gasteiger partial charge in [0.2, 0.25) is 0 Å². The normalized spacial score (nSPS) is 36.1. The molecule has 2 aliphatic carbocycles.